The molecule has 1 saturated heterocycles. The summed E-state index contributed by atoms with van der Waals surface area (Å²) in [6, 6.07) is 7.10. The van der Waals surface area contributed by atoms with Gasteiger partial charge in [-0.05, 0) is 13.1 Å². The van der Waals surface area contributed by atoms with Gasteiger partial charge in [-0.1, -0.05) is 29.8 Å². The Balaban J connectivity index is 2.04. The van der Waals surface area contributed by atoms with Crippen molar-refractivity contribution in [3.63, 3.8) is 0 Å². The lowest BCUT2D eigenvalue weighted by atomic mass is 10.1. The van der Waals surface area contributed by atoms with Gasteiger partial charge < -0.3 is 14.9 Å². The Morgan fingerprint density at radius 2 is 1.91 bits per heavy atom. The van der Waals surface area contributed by atoms with Crippen LogP contribution in [0.2, 0.25) is 5.02 Å². The maximum Gasteiger partial charge on any atom is 0.339 e. The van der Waals surface area contributed by atoms with Crippen LogP contribution in [0.1, 0.15) is 10.4 Å². The molecule has 23 heavy (non-hydrogen) atoms. The van der Waals surface area contributed by atoms with Crippen molar-refractivity contribution in [3.8, 4) is 11.3 Å². The number of hydrogen-bond acceptors (Lipinski definition) is 5. The molecule has 7 heteroatoms. The molecular weight excluding hydrogens is 316 g/mol. The molecule has 2 heterocycles. The molecule has 0 spiro atoms. The number of carboxylic acids is 1. The van der Waals surface area contributed by atoms with Crippen LogP contribution in [-0.4, -0.2) is 59.2 Å². The number of piperazine rings is 1. The average Bonchev–Trinajstić information content (AvgIpc) is 2.55. The first-order valence-corrected chi connectivity index (χ1v) is 7.73. The number of anilines is 1. The number of hydrogen-bond donors (Lipinski definition) is 1. The van der Waals surface area contributed by atoms with Gasteiger partial charge in [-0.3, -0.25) is 0 Å². The molecule has 1 N–H and O–H groups in total. The SMILES string of the molecule is CN1CCN(c2ncc(C(=O)O)c(-c3ccccc3Cl)n2)CC1. The first-order chi connectivity index (χ1) is 11.1. The third-order valence-electron chi connectivity index (χ3n) is 3.92. The summed E-state index contributed by atoms with van der Waals surface area (Å²) >= 11 is 6.22. The Kier molecular flexibility index (Phi) is 4.45. The molecule has 6 nitrogen and oxygen atoms in total. The zero-order chi connectivity index (χ0) is 16.4. The number of rotatable bonds is 3. The molecule has 1 fully saturated rings. The van der Waals surface area contributed by atoms with E-state index in [1.165, 1.54) is 6.20 Å². The lowest BCUT2D eigenvalue weighted by Crippen LogP contribution is -2.45. The number of halogens is 1. The Hall–Kier alpha value is -2.18. The van der Waals surface area contributed by atoms with Gasteiger partial charge in [-0.25, -0.2) is 14.8 Å². The second-order valence-electron chi connectivity index (χ2n) is 5.51. The number of aromatic nitrogens is 2. The number of carbonyl (C=O) groups is 1. The van der Waals surface area contributed by atoms with Crippen LogP contribution < -0.4 is 4.90 Å². The van der Waals surface area contributed by atoms with Crippen LogP contribution in [-0.2, 0) is 0 Å². The molecule has 1 aliphatic rings. The highest BCUT2D eigenvalue weighted by Crippen LogP contribution is 2.30. The van der Waals surface area contributed by atoms with Crippen LogP contribution >= 0.6 is 11.6 Å². The van der Waals surface area contributed by atoms with Gasteiger partial charge in [-0.15, -0.1) is 0 Å². The summed E-state index contributed by atoms with van der Waals surface area (Å²) in [7, 11) is 2.07. The zero-order valence-corrected chi connectivity index (χ0v) is 13.5. The van der Waals surface area contributed by atoms with Crippen molar-refractivity contribution >= 4 is 23.5 Å². The van der Waals surface area contributed by atoms with Crippen LogP contribution in [0.4, 0.5) is 5.95 Å². The third-order valence-corrected chi connectivity index (χ3v) is 4.25. The van der Waals surface area contributed by atoms with E-state index in [9.17, 15) is 9.90 Å². The minimum atomic E-state index is -1.06. The highest BCUT2D eigenvalue weighted by Gasteiger charge is 2.21. The monoisotopic (exact) mass is 332 g/mol. The van der Waals surface area contributed by atoms with E-state index in [4.69, 9.17) is 11.6 Å². The van der Waals surface area contributed by atoms with E-state index >= 15 is 0 Å². The smallest absolute Gasteiger partial charge is 0.339 e. The fourth-order valence-electron chi connectivity index (χ4n) is 2.55. The molecule has 3 rings (SSSR count). The van der Waals surface area contributed by atoms with Gasteiger partial charge in [0.2, 0.25) is 5.95 Å². The van der Waals surface area contributed by atoms with E-state index in [2.05, 4.69) is 26.8 Å². The van der Waals surface area contributed by atoms with Crippen LogP contribution in [0.15, 0.2) is 30.5 Å². The lowest BCUT2D eigenvalue weighted by molar-refractivity contribution is 0.0697. The summed E-state index contributed by atoms with van der Waals surface area (Å²) < 4.78 is 0. The molecule has 0 amide bonds. The molecule has 0 aliphatic carbocycles. The highest BCUT2D eigenvalue weighted by atomic mass is 35.5. The molecule has 1 aliphatic heterocycles. The van der Waals surface area contributed by atoms with Gasteiger partial charge >= 0.3 is 5.97 Å². The largest absolute Gasteiger partial charge is 0.478 e. The minimum Gasteiger partial charge on any atom is -0.478 e. The fourth-order valence-corrected chi connectivity index (χ4v) is 2.77. The maximum atomic E-state index is 11.5. The van der Waals surface area contributed by atoms with Crippen molar-refractivity contribution in [1.82, 2.24) is 14.9 Å². The van der Waals surface area contributed by atoms with Gasteiger partial charge in [0.15, 0.2) is 0 Å². The molecule has 0 radical (unpaired) electrons. The molecular formula is C16H17ClN4O2. The van der Waals surface area contributed by atoms with E-state index < -0.39 is 5.97 Å². The van der Waals surface area contributed by atoms with Gasteiger partial charge in [-0.2, -0.15) is 0 Å². The summed E-state index contributed by atoms with van der Waals surface area (Å²) in [6.07, 6.45) is 1.36. The second-order valence-corrected chi connectivity index (χ2v) is 5.91. The van der Waals surface area contributed by atoms with Crippen molar-refractivity contribution in [2.75, 3.05) is 38.1 Å². The summed E-state index contributed by atoms with van der Waals surface area (Å²) in [5.41, 5.74) is 1.01. The molecule has 0 unspecified atom stereocenters. The van der Waals surface area contributed by atoms with Crippen LogP contribution in [0.3, 0.4) is 0 Å². The zero-order valence-electron chi connectivity index (χ0n) is 12.7. The van der Waals surface area contributed by atoms with E-state index in [1.54, 1.807) is 18.2 Å². The first kappa shape index (κ1) is 15.7. The number of benzene rings is 1. The predicted octanol–water partition coefficient (Wildman–Crippen LogP) is 2.25. The Morgan fingerprint density at radius 3 is 2.57 bits per heavy atom. The van der Waals surface area contributed by atoms with Crippen molar-refractivity contribution in [2.45, 2.75) is 0 Å². The molecule has 2 aromatic rings. The predicted molar refractivity (Wildman–Crippen MR) is 89.1 cm³/mol. The standard InChI is InChI=1S/C16H17ClN4O2/c1-20-6-8-21(9-7-20)16-18-10-12(15(22)23)14(19-16)11-4-2-3-5-13(11)17/h2-5,10H,6-9H2,1H3,(H,22,23). The maximum absolute atomic E-state index is 11.5. The number of nitrogens with zero attached hydrogens (tertiary/aromatic N) is 4. The summed E-state index contributed by atoms with van der Waals surface area (Å²) in [4.78, 5) is 24.5. The van der Waals surface area contributed by atoms with Crippen LogP contribution in [0.5, 0.6) is 0 Å². The van der Waals surface area contributed by atoms with Crippen molar-refractivity contribution in [1.29, 1.82) is 0 Å². The Bertz CT molecular complexity index is 730. The normalized spacial score (nSPS) is 15.7. The van der Waals surface area contributed by atoms with E-state index in [-0.39, 0.29) is 5.56 Å². The van der Waals surface area contributed by atoms with E-state index in [0.717, 1.165) is 26.2 Å². The molecule has 120 valence electrons. The van der Waals surface area contributed by atoms with Gasteiger partial charge in [0.1, 0.15) is 5.56 Å². The minimum absolute atomic E-state index is 0.0518. The molecule has 0 atom stereocenters. The molecule has 1 aromatic heterocycles. The first-order valence-electron chi connectivity index (χ1n) is 7.35. The van der Waals surface area contributed by atoms with Crippen LogP contribution in [0, 0.1) is 0 Å². The Labute approximate surface area is 139 Å². The number of aromatic carboxylic acids is 1. The quantitative estimate of drug-likeness (QED) is 0.929. The van der Waals surface area contributed by atoms with E-state index in [0.29, 0.717) is 22.2 Å². The third kappa shape index (κ3) is 3.28. The summed E-state index contributed by atoms with van der Waals surface area (Å²) in [5, 5.41) is 9.88. The molecule has 1 aromatic carbocycles. The molecule has 0 bridgehead atoms. The second kappa shape index (κ2) is 6.52. The Morgan fingerprint density at radius 1 is 1.22 bits per heavy atom. The van der Waals surface area contributed by atoms with E-state index in [1.807, 2.05) is 6.07 Å². The molecule has 0 saturated carbocycles. The summed E-state index contributed by atoms with van der Waals surface area (Å²) in [6.45, 7) is 3.46. The average molecular weight is 333 g/mol. The van der Waals surface area contributed by atoms with Crippen LogP contribution in [0.25, 0.3) is 11.3 Å². The number of likely N-dealkylation sites (N-methyl/N-ethyl adjacent to an activating group) is 1. The van der Waals surface area contributed by atoms with Crippen molar-refractivity contribution in [3.05, 3.63) is 41.0 Å². The van der Waals surface area contributed by atoms with Crippen molar-refractivity contribution in [2.24, 2.45) is 0 Å². The van der Waals surface area contributed by atoms with Gasteiger partial charge in [0.05, 0.1) is 5.69 Å². The number of carboxylic acid groups (broad SMARTS) is 1. The van der Waals surface area contributed by atoms with Crippen molar-refractivity contribution < 1.29 is 9.90 Å². The summed E-state index contributed by atoms with van der Waals surface area (Å²) in [5.74, 6) is -0.525. The van der Waals surface area contributed by atoms with Gasteiger partial charge in [0.25, 0.3) is 0 Å². The topological polar surface area (TPSA) is 69.6 Å². The van der Waals surface area contributed by atoms with Gasteiger partial charge in [0, 0.05) is 43.0 Å². The highest BCUT2D eigenvalue weighted by molar-refractivity contribution is 6.33. The fraction of sp³-hybridized carbons (Fsp3) is 0.312. The lowest BCUT2D eigenvalue weighted by Gasteiger charge is -2.32.